The van der Waals surface area contributed by atoms with Gasteiger partial charge in [-0.15, -0.1) is 0 Å². The van der Waals surface area contributed by atoms with Crippen LogP contribution in [0.4, 0.5) is 5.69 Å². The molecule has 0 atom stereocenters. The highest BCUT2D eigenvalue weighted by Gasteiger charge is 2.51. The Labute approximate surface area is 132 Å². The third kappa shape index (κ3) is 2.46. The van der Waals surface area contributed by atoms with Gasteiger partial charge in [-0.25, -0.2) is 0 Å². The van der Waals surface area contributed by atoms with Crippen molar-refractivity contribution >= 4 is 24.2 Å². The van der Waals surface area contributed by atoms with Gasteiger partial charge in [0.25, 0.3) is 0 Å². The molecule has 1 saturated heterocycles. The molecular formula is C17H24BNO3. The second kappa shape index (κ2) is 5.10. The van der Waals surface area contributed by atoms with Gasteiger partial charge in [0.2, 0.25) is 5.91 Å². The molecule has 0 saturated carbocycles. The van der Waals surface area contributed by atoms with Crippen LogP contribution in [0.2, 0.25) is 0 Å². The first kappa shape index (κ1) is 15.6. The van der Waals surface area contributed by atoms with Crippen molar-refractivity contribution in [3.8, 4) is 0 Å². The number of anilines is 1. The Hall–Kier alpha value is -1.33. The zero-order valence-electron chi connectivity index (χ0n) is 14.1. The lowest BCUT2D eigenvalue weighted by Gasteiger charge is -2.32. The van der Waals surface area contributed by atoms with E-state index in [0.717, 1.165) is 24.0 Å². The van der Waals surface area contributed by atoms with Gasteiger partial charge in [-0.05, 0) is 57.6 Å². The van der Waals surface area contributed by atoms with Crippen molar-refractivity contribution in [1.82, 2.24) is 0 Å². The molecule has 0 unspecified atom stereocenters. The van der Waals surface area contributed by atoms with Crippen LogP contribution >= 0.6 is 0 Å². The molecule has 4 nitrogen and oxygen atoms in total. The van der Waals surface area contributed by atoms with E-state index >= 15 is 0 Å². The van der Waals surface area contributed by atoms with Gasteiger partial charge in [-0.2, -0.15) is 0 Å². The predicted molar refractivity (Wildman–Crippen MR) is 88.5 cm³/mol. The number of benzene rings is 1. The molecule has 5 heteroatoms. The monoisotopic (exact) mass is 301 g/mol. The maximum atomic E-state index is 12.0. The molecule has 2 aliphatic rings. The van der Waals surface area contributed by atoms with Crippen LogP contribution < -0.4 is 10.4 Å². The van der Waals surface area contributed by atoms with E-state index in [1.165, 1.54) is 5.56 Å². The molecule has 1 fully saturated rings. The second-order valence-electron chi connectivity index (χ2n) is 7.28. The Morgan fingerprint density at radius 2 is 1.73 bits per heavy atom. The van der Waals surface area contributed by atoms with Gasteiger partial charge in [0, 0.05) is 19.2 Å². The van der Waals surface area contributed by atoms with E-state index in [2.05, 4.69) is 33.8 Å². The van der Waals surface area contributed by atoms with Gasteiger partial charge in [0.1, 0.15) is 0 Å². The molecule has 0 aromatic heterocycles. The van der Waals surface area contributed by atoms with Crippen molar-refractivity contribution < 1.29 is 14.1 Å². The van der Waals surface area contributed by atoms with Crippen LogP contribution in [0.3, 0.4) is 0 Å². The van der Waals surface area contributed by atoms with Crippen LogP contribution in [0.5, 0.6) is 0 Å². The molecule has 0 spiro atoms. The molecule has 118 valence electrons. The summed E-state index contributed by atoms with van der Waals surface area (Å²) in [5.41, 5.74) is 2.55. The minimum atomic E-state index is -0.348. The van der Waals surface area contributed by atoms with E-state index in [1.807, 2.05) is 19.2 Å². The molecule has 1 aromatic rings. The summed E-state index contributed by atoms with van der Waals surface area (Å²) < 4.78 is 12.2. The highest BCUT2D eigenvalue weighted by atomic mass is 16.7. The summed E-state index contributed by atoms with van der Waals surface area (Å²) in [7, 11) is 1.50. The summed E-state index contributed by atoms with van der Waals surface area (Å²) in [6.07, 6.45) is 2.42. The summed E-state index contributed by atoms with van der Waals surface area (Å²) in [6.45, 7) is 8.23. The van der Waals surface area contributed by atoms with E-state index in [0.29, 0.717) is 6.42 Å². The Bertz CT molecular complexity index is 596. The van der Waals surface area contributed by atoms with Crippen molar-refractivity contribution in [1.29, 1.82) is 0 Å². The Balaban J connectivity index is 1.92. The van der Waals surface area contributed by atoms with Crippen molar-refractivity contribution in [2.75, 3.05) is 11.9 Å². The largest absolute Gasteiger partial charge is 0.494 e. The third-order valence-electron chi connectivity index (χ3n) is 5.20. The fourth-order valence-electron chi connectivity index (χ4n) is 2.99. The number of fused-ring (bicyclic) bond motifs is 1. The molecule has 0 radical (unpaired) electrons. The average Bonchev–Trinajstić information content (AvgIpc) is 2.56. The quantitative estimate of drug-likeness (QED) is 0.747. The summed E-state index contributed by atoms with van der Waals surface area (Å²) in [5.74, 6) is 0.183. The van der Waals surface area contributed by atoms with Crippen LogP contribution in [0, 0.1) is 0 Å². The molecule has 22 heavy (non-hydrogen) atoms. The number of hydrogen-bond donors (Lipinski definition) is 0. The molecule has 2 aliphatic heterocycles. The maximum absolute atomic E-state index is 12.0. The van der Waals surface area contributed by atoms with Crippen LogP contribution in [0.1, 0.15) is 46.1 Å². The summed E-state index contributed by atoms with van der Waals surface area (Å²) >= 11 is 0. The summed E-state index contributed by atoms with van der Waals surface area (Å²) in [5, 5.41) is 0. The molecule has 3 rings (SSSR count). The predicted octanol–water partition coefficient (Wildman–Crippen LogP) is 2.28. The standard InChI is InChI=1S/C17H24BNO3/c1-16(2)17(3,4)22-18(21-16)13-9-10-14-12(11-13)7-6-8-15(20)19(14)5/h9-11H,6-8H2,1-5H3. The molecule has 0 aliphatic carbocycles. The zero-order valence-corrected chi connectivity index (χ0v) is 14.1. The van der Waals surface area contributed by atoms with Crippen molar-refractivity contribution in [2.45, 2.75) is 58.2 Å². The SMILES string of the molecule is CN1C(=O)CCCc2cc(B3OC(C)(C)C(C)(C)O3)ccc21. The Morgan fingerprint density at radius 1 is 1.09 bits per heavy atom. The molecule has 1 amide bonds. The molecule has 2 heterocycles. The number of hydrogen-bond acceptors (Lipinski definition) is 3. The van der Waals surface area contributed by atoms with Crippen LogP contribution in [-0.4, -0.2) is 31.3 Å². The maximum Gasteiger partial charge on any atom is 0.494 e. The minimum absolute atomic E-state index is 0.183. The zero-order chi connectivity index (χ0) is 16.1. The smallest absolute Gasteiger partial charge is 0.399 e. The number of amides is 1. The van der Waals surface area contributed by atoms with E-state index in [-0.39, 0.29) is 24.2 Å². The molecular weight excluding hydrogens is 277 g/mol. The van der Waals surface area contributed by atoms with Crippen molar-refractivity contribution in [2.24, 2.45) is 0 Å². The highest BCUT2D eigenvalue weighted by Crippen LogP contribution is 2.37. The second-order valence-corrected chi connectivity index (χ2v) is 7.28. The van der Waals surface area contributed by atoms with Crippen molar-refractivity contribution in [3.63, 3.8) is 0 Å². The fraction of sp³-hybridized carbons (Fsp3) is 0.588. The van der Waals surface area contributed by atoms with E-state index in [1.54, 1.807) is 4.90 Å². The Kier molecular flexibility index (Phi) is 3.61. The Morgan fingerprint density at radius 3 is 2.36 bits per heavy atom. The number of nitrogens with zero attached hydrogens (tertiary/aromatic N) is 1. The average molecular weight is 301 g/mol. The number of carbonyl (C=O) groups is 1. The van der Waals surface area contributed by atoms with E-state index < -0.39 is 0 Å². The van der Waals surface area contributed by atoms with E-state index in [9.17, 15) is 4.79 Å². The van der Waals surface area contributed by atoms with Crippen molar-refractivity contribution in [3.05, 3.63) is 23.8 Å². The van der Waals surface area contributed by atoms with Gasteiger partial charge >= 0.3 is 7.12 Å². The molecule has 0 N–H and O–H groups in total. The lowest BCUT2D eigenvalue weighted by molar-refractivity contribution is -0.118. The van der Waals surface area contributed by atoms with Gasteiger partial charge in [0.15, 0.2) is 0 Å². The molecule has 1 aromatic carbocycles. The van der Waals surface area contributed by atoms with Crippen LogP contribution in [0.15, 0.2) is 18.2 Å². The first-order valence-electron chi connectivity index (χ1n) is 7.96. The normalized spacial score (nSPS) is 23.4. The van der Waals surface area contributed by atoms with Crippen LogP contribution in [-0.2, 0) is 20.5 Å². The van der Waals surface area contributed by atoms with Crippen LogP contribution in [0.25, 0.3) is 0 Å². The minimum Gasteiger partial charge on any atom is -0.399 e. The van der Waals surface area contributed by atoms with Gasteiger partial charge < -0.3 is 14.2 Å². The molecule has 0 bridgehead atoms. The number of aryl methyl sites for hydroxylation is 1. The highest BCUT2D eigenvalue weighted by molar-refractivity contribution is 6.62. The summed E-state index contributed by atoms with van der Waals surface area (Å²) in [6, 6.07) is 6.15. The number of rotatable bonds is 1. The van der Waals surface area contributed by atoms with Gasteiger partial charge in [-0.3, -0.25) is 4.79 Å². The van der Waals surface area contributed by atoms with Gasteiger partial charge in [0.05, 0.1) is 11.2 Å². The third-order valence-corrected chi connectivity index (χ3v) is 5.20. The summed E-state index contributed by atoms with van der Waals surface area (Å²) in [4.78, 5) is 13.7. The topological polar surface area (TPSA) is 38.8 Å². The lowest BCUT2D eigenvalue weighted by Crippen LogP contribution is -2.41. The first-order chi connectivity index (χ1) is 10.2. The fourth-order valence-corrected chi connectivity index (χ4v) is 2.99. The number of carbonyl (C=O) groups excluding carboxylic acids is 1. The first-order valence-corrected chi connectivity index (χ1v) is 7.96. The van der Waals surface area contributed by atoms with Gasteiger partial charge in [-0.1, -0.05) is 12.1 Å². The lowest BCUT2D eigenvalue weighted by atomic mass is 9.78. The van der Waals surface area contributed by atoms with E-state index in [4.69, 9.17) is 9.31 Å².